The fourth-order valence-electron chi connectivity index (χ4n) is 2.69. The molecule has 0 aliphatic rings. The molecule has 0 aliphatic heterocycles. The Balaban J connectivity index is 2.32. The molecule has 5 heteroatoms. The first-order chi connectivity index (χ1) is 12.0. The molecule has 1 aromatic heterocycles. The SMILES string of the molecule is COC(=O)c1c(-c2ccccc2)cc(=O)n(-c2ccc(C)cc2)c1O. The molecule has 126 valence electrons. The van der Waals surface area contributed by atoms with Crippen LogP contribution in [-0.2, 0) is 4.74 Å². The smallest absolute Gasteiger partial charge is 0.343 e. The highest BCUT2D eigenvalue weighted by Crippen LogP contribution is 2.30. The molecule has 0 unspecified atom stereocenters. The number of aromatic nitrogens is 1. The molecular formula is C20H17NO4. The normalized spacial score (nSPS) is 10.5. The van der Waals surface area contributed by atoms with Crippen molar-refractivity contribution in [1.29, 1.82) is 0 Å². The van der Waals surface area contributed by atoms with E-state index < -0.39 is 17.4 Å². The molecule has 5 nitrogen and oxygen atoms in total. The molecule has 0 fully saturated rings. The van der Waals surface area contributed by atoms with Crippen molar-refractivity contribution < 1.29 is 14.6 Å². The van der Waals surface area contributed by atoms with E-state index in [0.29, 0.717) is 16.8 Å². The number of benzene rings is 2. The van der Waals surface area contributed by atoms with Gasteiger partial charge in [0, 0.05) is 11.6 Å². The highest BCUT2D eigenvalue weighted by molar-refractivity contribution is 5.99. The molecule has 0 bridgehead atoms. The predicted molar refractivity (Wildman–Crippen MR) is 95.2 cm³/mol. The molecule has 2 aromatic carbocycles. The Bertz CT molecular complexity index is 973. The zero-order valence-corrected chi connectivity index (χ0v) is 13.9. The summed E-state index contributed by atoms with van der Waals surface area (Å²) in [6, 6.07) is 17.3. The number of carbonyl (C=O) groups is 1. The van der Waals surface area contributed by atoms with Gasteiger partial charge in [0.15, 0.2) is 0 Å². The third-order valence-corrected chi connectivity index (χ3v) is 3.96. The Hall–Kier alpha value is -3.34. The largest absolute Gasteiger partial charge is 0.493 e. The van der Waals surface area contributed by atoms with Gasteiger partial charge in [0.2, 0.25) is 5.88 Å². The summed E-state index contributed by atoms with van der Waals surface area (Å²) >= 11 is 0. The number of nitrogens with zero attached hydrogens (tertiary/aromatic N) is 1. The van der Waals surface area contributed by atoms with Crippen molar-refractivity contribution in [3.8, 4) is 22.7 Å². The molecule has 0 saturated carbocycles. The number of carbonyl (C=O) groups excluding carboxylic acids is 1. The molecular weight excluding hydrogens is 318 g/mol. The Morgan fingerprint density at radius 2 is 1.68 bits per heavy atom. The first-order valence-corrected chi connectivity index (χ1v) is 7.72. The lowest BCUT2D eigenvalue weighted by Crippen LogP contribution is -2.21. The number of pyridine rings is 1. The Morgan fingerprint density at radius 3 is 2.28 bits per heavy atom. The summed E-state index contributed by atoms with van der Waals surface area (Å²) in [6.45, 7) is 1.92. The Labute approximate surface area is 144 Å². The Morgan fingerprint density at radius 1 is 1.04 bits per heavy atom. The Kier molecular flexibility index (Phi) is 4.39. The number of methoxy groups -OCH3 is 1. The lowest BCUT2D eigenvalue weighted by atomic mass is 10.0. The summed E-state index contributed by atoms with van der Waals surface area (Å²) in [6.07, 6.45) is 0. The van der Waals surface area contributed by atoms with Gasteiger partial charge in [-0.1, -0.05) is 48.0 Å². The van der Waals surface area contributed by atoms with E-state index in [-0.39, 0.29) is 5.56 Å². The van der Waals surface area contributed by atoms with Gasteiger partial charge in [-0.25, -0.2) is 9.36 Å². The van der Waals surface area contributed by atoms with E-state index in [4.69, 9.17) is 4.74 Å². The highest BCUT2D eigenvalue weighted by atomic mass is 16.5. The van der Waals surface area contributed by atoms with Crippen LogP contribution in [0.1, 0.15) is 15.9 Å². The van der Waals surface area contributed by atoms with Crippen LogP contribution in [0.3, 0.4) is 0 Å². The van der Waals surface area contributed by atoms with Gasteiger partial charge in [-0.15, -0.1) is 0 Å². The topological polar surface area (TPSA) is 68.5 Å². The third-order valence-electron chi connectivity index (χ3n) is 3.96. The first kappa shape index (κ1) is 16.5. The van der Waals surface area contributed by atoms with Crippen LogP contribution in [0.25, 0.3) is 16.8 Å². The van der Waals surface area contributed by atoms with Crippen LogP contribution in [0, 0.1) is 6.92 Å². The number of aromatic hydroxyl groups is 1. The lowest BCUT2D eigenvalue weighted by Gasteiger charge is -2.15. The molecule has 1 heterocycles. The van der Waals surface area contributed by atoms with Gasteiger partial charge in [0.1, 0.15) is 5.56 Å². The van der Waals surface area contributed by atoms with E-state index in [1.165, 1.54) is 13.2 Å². The quantitative estimate of drug-likeness (QED) is 0.746. The van der Waals surface area contributed by atoms with Gasteiger partial charge in [-0.05, 0) is 24.6 Å². The van der Waals surface area contributed by atoms with Crippen LogP contribution < -0.4 is 5.56 Å². The van der Waals surface area contributed by atoms with Crippen molar-refractivity contribution in [1.82, 2.24) is 4.57 Å². The molecule has 0 aliphatic carbocycles. The predicted octanol–water partition coefficient (Wildman–Crippen LogP) is 3.31. The zero-order chi connectivity index (χ0) is 18.0. The summed E-state index contributed by atoms with van der Waals surface area (Å²) in [5.41, 5.74) is 1.98. The maximum atomic E-state index is 12.6. The summed E-state index contributed by atoms with van der Waals surface area (Å²) < 4.78 is 5.91. The minimum absolute atomic E-state index is 0.0473. The summed E-state index contributed by atoms with van der Waals surface area (Å²) in [5, 5.41) is 10.7. The maximum Gasteiger partial charge on any atom is 0.343 e. The van der Waals surface area contributed by atoms with Crippen molar-refractivity contribution in [3.05, 3.63) is 82.1 Å². The van der Waals surface area contributed by atoms with E-state index in [2.05, 4.69) is 0 Å². The number of ether oxygens (including phenoxy) is 1. The van der Waals surface area contributed by atoms with Gasteiger partial charge < -0.3 is 9.84 Å². The van der Waals surface area contributed by atoms with Crippen molar-refractivity contribution in [2.75, 3.05) is 7.11 Å². The molecule has 0 atom stereocenters. The number of rotatable bonds is 3. The molecule has 0 spiro atoms. The highest BCUT2D eigenvalue weighted by Gasteiger charge is 2.23. The van der Waals surface area contributed by atoms with Crippen molar-refractivity contribution >= 4 is 5.97 Å². The van der Waals surface area contributed by atoms with E-state index in [9.17, 15) is 14.7 Å². The molecule has 0 radical (unpaired) electrons. The molecule has 1 N–H and O–H groups in total. The molecule has 0 amide bonds. The molecule has 3 aromatic rings. The first-order valence-electron chi connectivity index (χ1n) is 7.72. The second-order valence-electron chi connectivity index (χ2n) is 5.62. The second kappa shape index (κ2) is 6.65. The summed E-state index contributed by atoms with van der Waals surface area (Å²) in [7, 11) is 1.23. The van der Waals surface area contributed by atoms with Crippen LogP contribution in [0.4, 0.5) is 0 Å². The van der Waals surface area contributed by atoms with Crippen molar-refractivity contribution in [2.24, 2.45) is 0 Å². The maximum absolute atomic E-state index is 12.6. The summed E-state index contributed by atoms with van der Waals surface area (Å²) in [4.78, 5) is 24.9. The second-order valence-corrected chi connectivity index (χ2v) is 5.62. The van der Waals surface area contributed by atoms with Gasteiger partial charge in [-0.3, -0.25) is 4.79 Å². The average Bonchev–Trinajstić information content (AvgIpc) is 2.63. The van der Waals surface area contributed by atoms with Crippen LogP contribution in [0.15, 0.2) is 65.5 Å². The number of hydrogen-bond donors (Lipinski definition) is 1. The number of esters is 1. The van der Waals surface area contributed by atoms with Crippen LogP contribution in [0.2, 0.25) is 0 Å². The van der Waals surface area contributed by atoms with Gasteiger partial charge in [0.25, 0.3) is 5.56 Å². The third kappa shape index (κ3) is 3.04. The average molecular weight is 335 g/mol. The van der Waals surface area contributed by atoms with Gasteiger partial charge in [0.05, 0.1) is 12.8 Å². The van der Waals surface area contributed by atoms with Crippen molar-refractivity contribution in [2.45, 2.75) is 6.92 Å². The minimum atomic E-state index is -0.711. The van der Waals surface area contributed by atoms with E-state index >= 15 is 0 Å². The zero-order valence-electron chi connectivity index (χ0n) is 13.9. The van der Waals surface area contributed by atoms with E-state index in [0.717, 1.165) is 10.1 Å². The van der Waals surface area contributed by atoms with Crippen LogP contribution in [-0.4, -0.2) is 22.8 Å². The number of aryl methyl sites for hydroxylation is 1. The fourth-order valence-corrected chi connectivity index (χ4v) is 2.69. The minimum Gasteiger partial charge on any atom is -0.493 e. The standard InChI is InChI=1S/C20H17NO4/c1-13-8-10-15(11-9-13)21-17(22)12-16(14-6-4-3-5-7-14)18(19(21)23)20(24)25-2/h3-12,23H,1-2H3. The van der Waals surface area contributed by atoms with Gasteiger partial charge in [-0.2, -0.15) is 0 Å². The van der Waals surface area contributed by atoms with E-state index in [1.54, 1.807) is 36.4 Å². The van der Waals surface area contributed by atoms with Gasteiger partial charge >= 0.3 is 5.97 Å². The lowest BCUT2D eigenvalue weighted by molar-refractivity contribution is 0.0597. The fraction of sp³-hybridized carbons (Fsp3) is 0.100. The molecule has 3 rings (SSSR count). The molecule has 25 heavy (non-hydrogen) atoms. The monoisotopic (exact) mass is 335 g/mol. The van der Waals surface area contributed by atoms with Crippen molar-refractivity contribution in [3.63, 3.8) is 0 Å². The van der Waals surface area contributed by atoms with E-state index in [1.807, 2.05) is 25.1 Å². The molecule has 0 saturated heterocycles. The summed E-state index contributed by atoms with van der Waals surface area (Å²) in [5.74, 6) is -1.15. The number of hydrogen-bond acceptors (Lipinski definition) is 4. The van der Waals surface area contributed by atoms with Crippen LogP contribution >= 0.6 is 0 Å². The van der Waals surface area contributed by atoms with Crippen LogP contribution in [0.5, 0.6) is 5.88 Å².